The number of rotatable bonds is 4. The van der Waals surface area contributed by atoms with Crippen LogP contribution < -0.4 is 15.8 Å². The molecular weight excluding hydrogens is 435 g/mol. The molecule has 30 heavy (non-hydrogen) atoms. The van der Waals surface area contributed by atoms with Crippen LogP contribution in [0, 0.1) is 13.8 Å². The van der Waals surface area contributed by atoms with Crippen molar-refractivity contribution in [3.63, 3.8) is 0 Å². The number of aliphatic hydroxyl groups is 1. The fourth-order valence-corrected chi connectivity index (χ4v) is 4.67. The number of hydrogen-bond acceptors (Lipinski definition) is 7. The summed E-state index contributed by atoms with van der Waals surface area (Å²) in [7, 11) is -0.502. The first-order chi connectivity index (χ1) is 14.4. The van der Waals surface area contributed by atoms with Gasteiger partial charge in [0.05, 0.1) is 19.3 Å². The summed E-state index contributed by atoms with van der Waals surface area (Å²) in [6, 6.07) is 4.11. The van der Waals surface area contributed by atoms with E-state index in [4.69, 9.17) is 35.0 Å². The number of fused-ring (bicyclic) bond motifs is 1. The molecule has 1 fully saturated rings. The Morgan fingerprint density at radius 2 is 2.07 bits per heavy atom. The van der Waals surface area contributed by atoms with Crippen molar-refractivity contribution in [2.45, 2.75) is 45.6 Å². The fraction of sp³-hybridized carbons (Fsp3) is 0.474. The van der Waals surface area contributed by atoms with E-state index in [0.717, 1.165) is 24.0 Å². The molecule has 0 radical (unpaired) electrons. The van der Waals surface area contributed by atoms with Crippen LogP contribution in [0.1, 0.15) is 35.8 Å². The molecule has 11 heteroatoms. The van der Waals surface area contributed by atoms with E-state index >= 15 is 0 Å². The van der Waals surface area contributed by atoms with Crippen molar-refractivity contribution in [3.8, 4) is 5.75 Å². The van der Waals surface area contributed by atoms with E-state index in [1.807, 2.05) is 19.9 Å². The minimum atomic E-state index is -1.50. The number of hydrogen-bond donors (Lipinski definition) is 2. The molecule has 0 spiro atoms. The van der Waals surface area contributed by atoms with Gasteiger partial charge >= 0.3 is 14.3 Å². The number of nitrogens with one attached hydrogen (secondary N) is 1. The van der Waals surface area contributed by atoms with Crippen LogP contribution in [0.15, 0.2) is 27.9 Å². The predicted molar refractivity (Wildman–Crippen MR) is 112 cm³/mol. The second-order valence-electron chi connectivity index (χ2n) is 6.89. The van der Waals surface area contributed by atoms with Crippen LogP contribution in [-0.4, -0.2) is 34.5 Å². The average Bonchev–Trinajstić information content (AvgIpc) is 3.19. The van der Waals surface area contributed by atoms with Crippen LogP contribution in [0.5, 0.6) is 5.75 Å². The first-order valence-corrected chi connectivity index (χ1v) is 10.8. The van der Waals surface area contributed by atoms with E-state index in [0.29, 0.717) is 19.4 Å². The van der Waals surface area contributed by atoms with Crippen LogP contribution in [0.25, 0.3) is 0 Å². The maximum Gasteiger partial charge on any atom is 0.397 e. The number of halogens is 1. The fourth-order valence-electron chi connectivity index (χ4n) is 3.40. The summed E-state index contributed by atoms with van der Waals surface area (Å²) >= 11 is 5.81. The lowest BCUT2D eigenvalue weighted by Crippen LogP contribution is -2.32. The van der Waals surface area contributed by atoms with E-state index in [9.17, 15) is 9.59 Å². The number of aryl methyl sites for hydroxylation is 2. The molecule has 1 aromatic carbocycles. The summed E-state index contributed by atoms with van der Waals surface area (Å²) < 4.78 is 24.5. The van der Waals surface area contributed by atoms with Crippen LogP contribution in [-0.2, 0) is 20.4 Å². The van der Waals surface area contributed by atoms with E-state index in [2.05, 4.69) is 11.1 Å². The van der Waals surface area contributed by atoms with Crippen LogP contribution in [0.3, 0.4) is 0 Å². The summed E-state index contributed by atoms with van der Waals surface area (Å²) in [5.74, 6) is 0.822. The number of aromatic amines is 1. The molecule has 2 aromatic rings. The van der Waals surface area contributed by atoms with Crippen molar-refractivity contribution in [2.75, 3.05) is 13.7 Å². The Morgan fingerprint density at radius 1 is 1.30 bits per heavy atom. The van der Waals surface area contributed by atoms with Gasteiger partial charge in [0.25, 0.3) is 5.56 Å². The lowest BCUT2D eigenvalue weighted by molar-refractivity contribution is -0.0229. The largest absolute Gasteiger partial charge is 0.426 e. The zero-order valence-corrected chi connectivity index (χ0v) is 18.5. The third kappa shape index (κ3) is 5.11. The highest BCUT2D eigenvalue weighted by Gasteiger charge is 2.31. The Kier molecular flexibility index (Phi) is 7.68. The first kappa shape index (κ1) is 22.9. The molecule has 3 atom stereocenters. The number of H-pyrrole nitrogens is 1. The minimum absolute atomic E-state index is 0.0559. The van der Waals surface area contributed by atoms with Crippen molar-refractivity contribution < 1.29 is 23.4 Å². The van der Waals surface area contributed by atoms with Crippen molar-refractivity contribution >= 4 is 20.2 Å². The molecule has 2 aliphatic heterocycles. The maximum atomic E-state index is 12.0. The number of aromatic nitrogens is 2. The second-order valence-corrected chi connectivity index (χ2v) is 8.44. The Balaban J connectivity index is 0.00000124. The van der Waals surface area contributed by atoms with Gasteiger partial charge in [-0.25, -0.2) is 4.79 Å². The summed E-state index contributed by atoms with van der Waals surface area (Å²) in [5.41, 5.74) is 2.08. The number of aliphatic hydroxyl groups excluding tert-OH is 1. The summed E-state index contributed by atoms with van der Waals surface area (Å²) in [4.78, 5) is 25.5. The third-order valence-electron chi connectivity index (χ3n) is 4.67. The zero-order chi connectivity index (χ0) is 21.8. The van der Waals surface area contributed by atoms with E-state index in [-0.39, 0.29) is 17.7 Å². The molecule has 2 N–H and O–H groups in total. The molecule has 0 aliphatic carbocycles. The lowest BCUT2D eigenvalue weighted by Gasteiger charge is -2.26. The molecule has 1 aromatic heterocycles. The zero-order valence-electron chi connectivity index (χ0n) is 16.9. The van der Waals surface area contributed by atoms with Crippen LogP contribution in [0.2, 0.25) is 5.02 Å². The van der Waals surface area contributed by atoms with Crippen molar-refractivity contribution in [1.82, 2.24) is 9.55 Å². The van der Waals surface area contributed by atoms with Gasteiger partial charge in [0.1, 0.15) is 17.0 Å². The maximum absolute atomic E-state index is 12.0. The van der Waals surface area contributed by atoms with E-state index in [1.165, 1.54) is 16.3 Å². The Labute approximate surface area is 179 Å². The number of ether oxygens (including phenoxy) is 1. The molecule has 1 saturated heterocycles. The smallest absolute Gasteiger partial charge is 0.397 e. The molecule has 0 bridgehead atoms. The SMILES string of the molecule is CO.Cc1cc(C)c2c(c1)COP(OCC1CCC(n3cc(Cl)c(=O)[nH]c3=O)O1)O2. The molecular formula is C19H24ClN2O7P. The van der Waals surface area contributed by atoms with Gasteiger partial charge < -0.3 is 14.4 Å². The van der Waals surface area contributed by atoms with Crippen LogP contribution >= 0.6 is 20.2 Å². The highest BCUT2D eigenvalue weighted by atomic mass is 35.5. The molecule has 9 nitrogen and oxygen atoms in total. The molecule has 3 unspecified atom stereocenters. The van der Waals surface area contributed by atoms with Gasteiger partial charge in [-0.1, -0.05) is 29.3 Å². The molecule has 4 rings (SSSR count). The summed E-state index contributed by atoms with van der Waals surface area (Å²) in [6.07, 6.45) is 1.90. The second kappa shape index (κ2) is 10.0. The highest BCUT2D eigenvalue weighted by molar-refractivity contribution is 7.42. The highest BCUT2D eigenvalue weighted by Crippen LogP contribution is 2.49. The monoisotopic (exact) mass is 458 g/mol. The predicted octanol–water partition coefficient (Wildman–Crippen LogP) is 2.95. The van der Waals surface area contributed by atoms with Gasteiger partial charge in [0.2, 0.25) is 0 Å². The quantitative estimate of drug-likeness (QED) is 0.677. The van der Waals surface area contributed by atoms with Gasteiger partial charge in [0.15, 0.2) is 0 Å². The van der Waals surface area contributed by atoms with Gasteiger partial charge in [-0.2, -0.15) is 0 Å². The normalized spacial score (nSPS) is 22.6. The molecule has 2 aliphatic rings. The third-order valence-corrected chi connectivity index (χ3v) is 5.97. The van der Waals surface area contributed by atoms with Gasteiger partial charge in [0, 0.05) is 18.9 Å². The lowest BCUT2D eigenvalue weighted by atomic mass is 10.1. The summed E-state index contributed by atoms with van der Waals surface area (Å²) in [5, 5.41) is 6.94. The number of nitrogens with zero attached hydrogens (tertiary/aromatic N) is 1. The van der Waals surface area contributed by atoms with E-state index in [1.54, 1.807) is 0 Å². The van der Waals surface area contributed by atoms with Gasteiger partial charge in [-0.05, 0) is 32.3 Å². The van der Waals surface area contributed by atoms with Crippen LogP contribution in [0.4, 0.5) is 0 Å². The minimum Gasteiger partial charge on any atom is -0.426 e. The molecule has 3 heterocycles. The van der Waals surface area contributed by atoms with Gasteiger partial charge in [-0.15, -0.1) is 0 Å². The van der Waals surface area contributed by atoms with Crippen molar-refractivity contribution in [2.24, 2.45) is 0 Å². The van der Waals surface area contributed by atoms with Crippen molar-refractivity contribution in [1.29, 1.82) is 0 Å². The first-order valence-electron chi connectivity index (χ1n) is 9.36. The molecule has 0 amide bonds. The standard InChI is InChI=1S/C18H20ClN2O6P.CH4O/c1-10-5-11(2)16-12(6-10)8-24-28(27-16)25-9-13-3-4-15(26-13)21-7-14(19)17(22)20-18(21)23;1-2/h5-7,13,15H,3-4,8-9H2,1-2H3,(H,20,22,23);2H,1H3. The Morgan fingerprint density at radius 3 is 2.83 bits per heavy atom. The topological polar surface area (TPSA) is 112 Å². The Hall–Kier alpha value is -1.74. The molecule has 0 saturated carbocycles. The molecule has 164 valence electrons. The van der Waals surface area contributed by atoms with E-state index < -0.39 is 26.1 Å². The van der Waals surface area contributed by atoms with Gasteiger partial charge in [-0.3, -0.25) is 23.4 Å². The van der Waals surface area contributed by atoms with Crippen molar-refractivity contribution in [3.05, 3.63) is 60.9 Å². The summed E-state index contributed by atoms with van der Waals surface area (Å²) in [6.45, 7) is 4.77. The Bertz CT molecular complexity index is 1010. The number of benzene rings is 1. The average molecular weight is 459 g/mol.